The molecular formula is C23H14BrClO4. The summed E-state index contributed by atoms with van der Waals surface area (Å²) in [4.78, 5) is 25.1. The second-order valence-corrected chi connectivity index (χ2v) is 7.81. The van der Waals surface area contributed by atoms with Crippen molar-refractivity contribution in [1.82, 2.24) is 0 Å². The summed E-state index contributed by atoms with van der Waals surface area (Å²) < 4.78 is 12.3. The molecule has 3 aromatic rings. The Morgan fingerprint density at radius 3 is 2.41 bits per heavy atom. The van der Waals surface area contributed by atoms with Crippen molar-refractivity contribution in [1.29, 1.82) is 0 Å². The molecule has 0 spiro atoms. The highest BCUT2D eigenvalue weighted by Crippen LogP contribution is 2.39. The fourth-order valence-electron chi connectivity index (χ4n) is 2.93. The predicted molar refractivity (Wildman–Crippen MR) is 115 cm³/mol. The van der Waals surface area contributed by atoms with E-state index in [-0.39, 0.29) is 11.5 Å². The van der Waals surface area contributed by atoms with Crippen LogP contribution in [0.1, 0.15) is 31.8 Å². The highest BCUT2D eigenvalue weighted by molar-refractivity contribution is 9.10. The van der Waals surface area contributed by atoms with Crippen LogP contribution < -0.4 is 9.47 Å². The normalized spacial score (nSPS) is 13.9. The highest BCUT2D eigenvalue weighted by Gasteiger charge is 2.30. The van der Waals surface area contributed by atoms with Crippen LogP contribution in [-0.4, -0.2) is 11.8 Å². The van der Waals surface area contributed by atoms with Gasteiger partial charge in [0.1, 0.15) is 11.5 Å². The molecule has 0 N–H and O–H groups in total. The van der Waals surface area contributed by atoms with Crippen LogP contribution in [0.4, 0.5) is 0 Å². The summed E-state index contributed by atoms with van der Waals surface area (Å²) in [6.45, 7) is 1.75. The van der Waals surface area contributed by atoms with Gasteiger partial charge in [-0.25, -0.2) is 4.79 Å². The van der Waals surface area contributed by atoms with Crippen molar-refractivity contribution in [2.45, 2.75) is 6.92 Å². The zero-order valence-corrected chi connectivity index (χ0v) is 17.6. The standard InChI is InChI=1S/C23H14BrClO4/c1-13-19(29-23(27)15-4-8-17(25)9-5-15)11-10-18-21(26)20(28-22(13)18)12-14-2-6-16(24)7-3-14/h2-12H,1H3/b20-12-. The molecule has 4 rings (SSSR count). The number of allylic oxidation sites excluding steroid dienone is 1. The van der Waals surface area contributed by atoms with E-state index in [2.05, 4.69) is 15.9 Å². The number of hydrogen-bond donors (Lipinski definition) is 0. The number of carbonyl (C=O) groups is 2. The van der Waals surface area contributed by atoms with Gasteiger partial charge in [-0.05, 0) is 67.1 Å². The molecular weight excluding hydrogens is 456 g/mol. The second kappa shape index (κ2) is 7.85. The van der Waals surface area contributed by atoms with Crippen molar-refractivity contribution in [2.75, 3.05) is 0 Å². The maximum absolute atomic E-state index is 12.7. The van der Waals surface area contributed by atoms with Gasteiger partial charge in [0.25, 0.3) is 0 Å². The van der Waals surface area contributed by atoms with Gasteiger partial charge in [0.05, 0.1) is 11.1 Å². The molecule has 6 heteroatoms. The van der Waals surface area contributed by atoms with Crippen LogP contribution in [0.2, 0.25) is 5.02 Å². The lowest BCUT2D eigenvalue weighted by atomic mass is 10.1. The fourth-order valence-corrected chi connectivity index (χ4v) is 3.32. The summed E-state index contributed by atoms with van der Waals surface area (Å²) in [5.74, 6) is 0.244. The number of rotatable bonds is 3. The molecule has 0 radical (unpaired) electrons. The maximum atomic E-state index is 12.7. The van der Waals surface area contributed by atoms with Crippen molar-refractivity contribution < 1.29 is 19.1 Å². The molecule has 0 saturated carbocycles. The Bertz CT molecular complexity index is 1150. The van der Waals surface area contributed by atoms with E-state index in [0.717, 1.165) is 10.0 Å². The molecule has 4 nitrogen and oxygen atoms in total. The van der Waals surface area contributed by atoms with Crippen LogP contribution in [0.15, 0.2) is 70.9 Å². The average molecular weight is 470 g/mol. The zero-order valence-electron chi connectivity index (χ0n) is 15.2. The molecule has 1 aliphatic rings. The summed E-state index contributed by atoms with van der Waals surface area (Å²) in [7, 11) is 0. The molecule has 0 atom stereocenters. The monoisotopic (exact) mass is 468 g/mol. The number of fused-ring (bicyclic) bond motifs is 1. The number of esters is 1. The molecule has 0 saturated heterocycles. The number of hydrogen-bond acceptors (Lipinski definition) is 4. The predicted octanol–water partition coefficient (Wildman–Crippen LogP) is 6.25. The first-order chi connectivity index (χ1) is 13.9. The Morgan fingerprint density at radius 2 is 1.72 bits per heavy atom. The van der Waals surface area contributed by atoms with Crippen LogP contribution in [0.5, 0.6) is 11.5 Å². The van der Waals surface area contributed by atoms with E-state index in [0.29, 0.717) is 33.2 Å². The molecule has 1 aliphatic heterocycles. The molecule has 1 heterocycles. The number of benzene rings is 3. The van der Waals surface area contributed by atoms with E-state index >= 15 is 0 Å². The lowest BCUT2D eigenvalue weighted by Gasteiger charge is -2.10. The number of Topliss-reactive ketones (excluding diaryl/α,β-unsaturated/α-hetero) is 1. The Morgan fingerprint density at radius 1 is 1.03 bits per heavy atom. The van der Waals surface area contributed by atoms with Gasteiger partial charge < -0.3 is 9.47 Å². The Hall–Kier alpha value is -2.89. The Kier molecular flexibility index (Phi) is 5.26. The molecule has 0 fully saturated rings. The van der Waals surface area contributed by atoms with Gasteiger partial charge in [0.2, 0.25) is 5.78 Å². The second-order valence-electron chi connectivity index (χ2n) is 6.45. The number of carbonyl (C=O) groups excluding carboxylic acids is 2. The van der Waals surface area contributed by atoms with Crippen molar-refractivity contribution in [3.8, 4) is 11.5 Å². The SMILES string of the molecule is Cc1c(OC(=O)c2ccc(Cl)cc2)ccc2c1O/C(=C\c1ccc(Br)cc1)C2=O. The zero-order chi connectivity index (χ0) is 20.5. The van der Waals surface area contributed by atoms with Gasteiger partial charge in [-0.15, -0.1) is 0 Å². The first-order valence-corrected chi connectivity index (χ1v) is 9.90. The Balaban J connectivity index is 1.60. The van der Waals surface area contributed by atoms with Crippen LogP contribution >= 0.6 is 27.5 Å². The van der Waals surface area contributed by atoms with Gasteiger partial charge >= 0.3 is 5.97 Å². The lowest BCUT2D eigenvalue weighted by Crippen LogP contribution is -2.09. The quantitative estimate of drug-likeness (QED) is 0.259. The largest absolute Gasteiger partial charge is 0.452 e. The van der Waals surface area contributed by atoms with Crippen molar-refractivity contribution in [3.63, 3.8) is 0 Å². The summed E-state index contributed by atoms with van der Waals surface area (Å²) >= 11 is 9.23. The molecule has 3 aromatic carbocycles. The number of ether oxygens (including phenoxy) is 2. The minimum absolute atomic E-state index is 0.207. The summed E-state index contributed by atoms with van der Waals surface area (Å²) in [5.41, 5.74) is 2.24. The minimum atomic E-state index is -0.514. The van der Waals surface area contributed by atoms with Crippen molar-refractivity contribution in [3.05, 3.63) is 98.2 Å². The van der Waals surface area contributed by atoms with Crippen molar-refractivity contribution >= 4 is 45.4 Å². The third-order valence-corrected chi connectivity index (χ3v) is 5.27. The summed E-state index contributed by atoms with van der Waals surface area (Å²) in [6.07, 6.45) is 1.69. The van der Waals surface area contributed by atoms with Crippen LogP contribution in [0.3, 0.4) is 0 Å². The molecule has 0 unspecified atom stereocenters. The molecule has 0 aromatic heterocycles. The molecule has 144 valence electrons. The maximum Gasteiger partial charge on any atom is 0.343 e. The van der Waals surface area contributed by atoms with E-state index in [1.54, 1.807) is 49.4 Å². The molecule has 0 amide bonds. The van der Waals surface area contributed by atoms with Gasteiger partial charge in [-0.2, -0.15) is 0 Å². The highest BCUT2D eigenvalue weighted by atomic mass is 79.9. The Labute approximate surface area is 180 Å². The van der Waals surface area contributed by atoms with Gasteiger partial charge in [-0.1, -0.05) is 39.7 Å². The fraction of sp³-hybridized carbons (Fsp3) is 0.0435. The minimum Gasteiger partial charge on any atom is -0.452 e. The first kappa shape index (κ1) is 19.4. The number of halogens is 2. The van der Waals surface area contributed by atoms with Crippen LogP contribution in [0, 0.1) is 6.92 Å². The van der Waals surface area contributed by atoms with Crippen LogP contribution in [-0.2, 0) is 0 Å². The van der Waals surface area contributed by atoms with E-state index in [1.165, 1.54) is 0 Å². The lowest BCUT2D eigenvalue weighted by molar-refractivity contribution is 0.0733. The van der Waals surface area contributed by atoms with Crippen molar-refractivity contribution in [2.24, 2.45) is 0 Å². The van der Waals surface area contributed by atoms with Crippen LogP contribution in [0.25, 0.3) is 6.08 Å². The summed E-state index contributed by atoms with van der Waals surface area (Å²) in [5, 5.41) is 0.535. The van der Waals surface area contributed by atoms with E-state index in [1.807, 2.05) is 24.3 Å². The third-order valence-electron chi connectivity index (χ3n) is 4.49. The third kappa shape index (κ3) is 3.97. The van der Waals surface area contributed by atoms with Gasteiger partial charge in [-0.3, -0.25) is 4.79 Å². The molecule has 0 aliphatic carbocycles. The van der Waals surface area contributed by atoms with Gasteiger partial charge in [0, 0.05) is 15.1 Å². The average Bonchev–Trinajstić information content (AvgIpc) is 3.03. The summed E-state index contributed by atoms with van der Waals surface area (Å²) in [6, 6.07) is 17.2. The van der Waals surface area contributed by atoms with E-state index in [9.17, 15) is 9.59 Å². The van der Waals surface area contributed by atoms with Gasteiger partial charge in [0.15, 0.2) is 5.76 Å². The first-order valence-electron chi connectivity index (χ1n) is 8.73. The molecule has 0 bridgehead atoms. The molecule has 29 heavy (non-hydrogen) atoms. The smallest absolute Gasteiger partial charge is 0.343 e. The topological polar surface area (TPSA) is 52.6 Å². The number of ketones is 1. The van der Waals surface area contributed by atoms with E-state index < -0.39 is 5.97 Å². The van der Waals surface area contributed by atoms with E-state index in [4.69, 9.17) is 21.1 Å².